The van der Waals surface area contributed by atoms with Gasteiger partial charge in [-0.25, -0.2) is 18.2 Å². The molecule has 3 aromatic carbocycles. The standard InChI is InChI=1S/C41H45Cl2F3N8O5S/c1-51(27-14-16-53(17-15-27)22-24-4-3-5-33-37(24)52(2)40(57)54(33)34-12-13-35(55)48-39(34)56)21-23-6-9-28(10-7-23)60(58,59)50-31-11-8-26(42)20-29(31)38-47-32-19-25(41(44,45)46)18-30(43)36(32)49-38/h3-5,8,11,18-20,23,27-28,34,50H,6-7,9-10,12-17,21-22H2,1-2H3,(H,47,49)(H,48,55,56). The second-order valence-corrected chi connectivity index (χ2v) is 19.1. The number of imidazole rings is 2. The molecule has 1 aliphatic carbocycles. The molecule has 19 heteroatoms. The van der Waals surface area contributed by atoms with Gasteiger partial charge in [0.05, 0.1) is 43.6 Å². The predicted molar refractivity (Wildman–Crippen MR) is 224 cm³/mol. The fraction of sp³-hybridized carbons (Fsp3) is 0.463. The molecule has 60 heavy (non-hydrogen) atoms. The molecule has 2 aromatic heterocycles. The maximum absolute atomic E-state index is 13.8. The van der Waals surface area contributed by atoms with Gasteiger partial charge in [-0.2, -0.15) is 13.2 Å². The summed E-state index contributed by atoms with van der Waals surface area (Å²) >= 11 is 12.5. The topological polar surface area (TPSA) is 154 Å². The van der Waals surface area contributed by atoms with Crippen LogP contribution in [0.15, 0.2) is 53.3 Å². The van der Waals surface area contributed by atoms with E-state index >= 15 is 0 Å². The van der Waals surface area contributed by atoms with Crippen molar-refractivity contribution in [3.63, 3.8) is 0 Å². The predicted octanol–water partition coefficient (Wildman–Crippen LogP) is 7.08. The summed E-state index contributed by atoms with van der Waals surface area (Å²) in [6, 6.07) is 11.7. The Kier molecular flexibility index (Phi) is 11.6. The molecule has 320 valence electrons. The molecule has 3 N–H and O–H groups in total. The number of nitrogens with zero attached hydrogens (tertiary/aromatic N) is 5. The van der Waals surface area contributed by atoms with Gasteiger partial charge in [0.15, 0.2) is 0 Å². The quantitative estimate of drug-likeness (QED) is 0.126. The number of anilines is 1. The average molecular weight is 890 g/mol. The first-order valence-corrected chi connectivity index (χ1v) is 22.3. The van der Waals surface area contributed by atoms with E-state index < -0.39 is 39.0 Å². The molecule has 2 saturated heterocycles. The minimum atomic E-state index is -4.62. The number of carbonyl (C=O) groups is 2. The highest BCUT2D eigenvalue weighted by Crippen LogP contribution is 2.38. The molecule has 2 aliphatic heterocycles. The summed E-state index contributed by atoms with van der Waals surface area (Å²) in [6.45, 7) is 3.24. The molecule has 5 aromatic rings. The van der Waals surface area contributed by atoms with Gasteiger partial charge in [0.25, 0.3) is 0 Å². The summed E-state index contributed by atoms with van der Waals surface area (Å²) in [6.07, 6.45) is 0.208. The number of aromatic amines is 1. The summed E-state index contributed by atoms with van der Waals surface area (Å²) < 4.78 is 73.7. The Morgan fingerprint density at radius 2 is 1.70 bits per heavy atom. The van der Waals surface area contributed by atoms with E-state index in [2.05, 4.69) is 36.9 Å². The van der Waals surface area contributed by atoms with Crippen molar-refractivity contribution in [3.05, 3.63) is 80.2 Å². The number of amides is 2. The molecular weight excluding hydrogens is 844 g/mol. The number of fused-ring (bicyclic) bond motifs is 2. The SMILES string of the molecule is CN(CC1CCC(S(=O)(=O)Nc2ccc(Cl)cc2-c2nc3cc(C(F)(F)F)cc(Cl)c3[nH]2)CC1)C1CCN(Cc2cccc3c2n(C)c(=O)n3C2CCC(=O)NC2=O)CC1. The third-order valence-electron chi connectivity index (χ3n) is 12.4. The Bertz CT molecular complexity index is 2650. The molecule has 13 nitrogen and oxygen atoms in total. The highest BCUT2D eigenvalue weighted by Gasteiger charge is 2.35. The van der Waals surface area contributed by atoms with Crippen molar-refractivity contribution >= 4 is 72.8 Å². The number of aromatic nitrogens is 4. The number of imide groups is 1. The van der Waals surface area contributed by atoms with Gasteiger partial charge in [0.1, 0.15) is 11.9 Å². The first-order valence-electron chi connectivity index (χ1n) is 20.0. The molecule has 1 atom stereocenters. The van der Waals surface area contributed by atoms with Crippen LogP contribution in [0.25, 0.3) is 33.5 Å². The van der Waals surface area contributed by atoms with Crippen molar-refractivity contribution in [3.8, 4) is 11.4 Å². The van der Waals surface area contributed by atoms with E-state index in [1.165, 1.54) is 22.8 Å². The van der Waals surface area contributed by atoms with Crippen molar-refractivity contribution in [2.75, 3.05) is 31.4 Å². The van der Waals surface area contributed by atoms with Crippen molar-refractivity contribution in [1.29, 1.82) is 0 Å². The number of H-pyrrole nitrogens is 1. The number of alkyl halides is 3. The van der Waals surface area contributed by atoms with Crippen LogP contribution < -0.4 is 15.7 Å². The van der Waals surface area contributed by atoms with E-state index in [9.17, 15) is 36.0 Å². The van der Waals surface area contributed by atoms with Crippen LogP contribution >= 0.6 is 23.2 Å². The molecule has 3 fully saturated rings. The Labute approximate surface area is 354 Å². The van der Waals surface area contributed by atoms with Gasteiger partial charge in [-0.15, -0.1) is 0 Å². The second-order valence-electron chi connectivity index (χ2n) is 16.3. The van der Waals surface area contributed by atoms with Gasteiger partial charge in [0.2, 0.25) is 21.8 Å². The number of likely N-dealkylation sites (tertiary alicyclic amines) is 1. The number of rotatable bonds is 10. The van der Waals surface area contributed by atoms with Gasteiger partial charge < -0.3 is 9.88 Å². The lowest BCUT2D eigenvalue weighted by molar-refractivity contribution is -0.138. The molecule has 1 unspecified atom stereocenters. The summed E-state index contributed by atoms with van der Waals surface area (Å²) in [5, 5.41) is 1.85. The normalized spacial score (nSPS) is 21.3. The van der Waals surface area contributed by atoms with Crippen LogP contribution in [0, 0.1) is 5.92 Å². The first-order chi connectivity index (χ1) is 28.5. The second kappa shape index (κ2) is 16.5. The summed E-state index contributed by atoms with van der Waals surface area (Å²) in [4.78, 5) is 49.9. The van der Waals surface area contributed by atoms with E-state index in [1.807, 2.05) is 18.2 Å². The molecule has 4 heterocycles. The number of hydrogen-bond acceptors (Lipinski definition) is 8. The lowest BCUT2D eigenvalue weighted by Crippen LogP contribution is -2.45. The van der Waals surface area contributed by atoms with Crippen LogP contribution in [0.2, 0.25) is 10.0 Å². The van der Waals surface area contributed by atoms with E-state index in [4.69, 9.17) is 23.2 Å². The fourth-order valence-electron chi connectivity index (χ4n) is 9.22. The van der Waals surface area contributed by atoms with Crippen molar-refractivity contribution < 1.29 is 31.2 Å². The number of halogens is 5. The molecule has 3 aliphatic rings. The average Bonchev–Trinajstić information content (AvgIpc) is 3.75. The number of para-hydroxylation sites is 1. The van der Waals surface area contributed by atoms with Gasteiger partial charge in [-0.1, -0.05) is 35.3 Å². The molecular formula is C41H45Cl2F3N8O5S. The molecule has 2 amide bonds. The van der Waals surface area contributed by atoms with Gasteiger partial charge >= 0.3 is 11.9 Å². The lowest BCUT2D eigenvalue weighted by Gasteiger charge is -2.39. The highest BCUT2D eigenvalue weighted by molar-refractivity contribution is 7.93. The highest BCUT2D eigenvalue weighted by atomic mass is 35.5. The largest absolute Gasteiger partial charge is 0.416 e. The zero-order chi connectivity index (χ0) is 42.7. The summed E-state index contributed by atoms with van der Waals surface area (Å²) in [5.41, 5.74) is 1.88. The number of piperidine rings is 2. The molecule has 8 rings (SSSR count). The van der Waals surface area contributed by atoms with E-state index in [0.717, 1.165) is 68.5 Å². The molecule has 0 spiro atoms. The van der Waals surface area contributed by atoms with Crippen LogP contribution in [-0.2, 0) is 39.4 Å². The summed E-state index contributed by atoms with van der Waals surface area (Å²) in [7, 11) is -0.00154. The number of sulfonamides is 1. The minimum absolute atomic E-state index is 0.0177. The third kappa shape index (κ3) is 8.43. The molecule has 0 bridgehead atoms. The maximum atomic E-state index is 13.8. The Morgan fingerprint density at radius 3 is 2.40 bits per heavy atom. The third-order valence-corrected chi connectivity index (χ3v) is 14.8. The Balaban J connectivity index is 0.858. The van der Waals surface area contributed by atoms with E-state index in [1.54, 1.807) is 11.6 Å². The van der Waals surface area contributed by atoms with Crippen molar-refractivity contribution in [1.82, 2.24) is 34.2 Å². The number of carbonyl (C=O) groups excluding carboxylic acids is 2. The number of nitrogens with one attached hydrogen (secondary N) is 3. The van der Waals surface area contributed by atoms with Gasteiger partial charge in [-0.3, -0.25) is 33.7 Å². The van der Waals surface area contributed by atoms with Gasteiger partial charge in [0, 0.05) is 43.2 Å². The minimum Gasteiger partial charge on any atom is -0.337 e. The number of aryl methyl sites for hydroxylation is 1. The molecule has 1 saturated carbocycles. The van der Waals surface area contributed by atoms with Gasteiger partial charge in [-0.05, 0) is 113 Å². The fourth-order valence-corrected chi connectivity index (χ4v) is 11.2. The Morgan fingerprint density at radius 1 is 0.967 bits per heavy atom. The zero-order valence-corrected chi connectivity index (χ0v) is 35.3. The van der Waals surface area contributed by atoms with Crippen LogP contribution in [0.3, 0.4) is 0 Å². The van der Waals surface area contributed by atoms with E-state index in [0.29, 0.717) is 36.9 Å². The number of hydrogen-bond donors (Lipinski definition) is 3. The monoisotopic (exact) mass is 888 g/mol. The van der Waals surface area contributed by atoms with Crippen molar-refractivity contribution in [2.45, 2.75) is 81.4 Å². The maximum Gasteiger partial charge on any atom is 0.416 e. The van der Waals surface area contributed by atoms with Crippen LogP contribution in [0.4, 0.5) is 18.9 Å². The van der Waals surface area contributed by atoms with Crippen molar-refractivity contribution in [2.24, 2.45) is 13.0 Å². The lowest BCUT2D eigenvalue weighted by atomic mass is 9.88. The number of benzene rings is 3. The summed E-state index contributed by atoms with van der Waals surface area (Å²) in [5.74, 6) is -0.330. The first kappa shape index (κ1) is 42.3. The smallest absolute Gasteiger partial charge is 0.337 e. The Hall–Kier alpha value is -4.42. The van der Waals surface area contributed by atoms with Crippen LogP contribution in [0.5, 0.6) is 0 Å². The zero-order valence-electron chi connectivity index (χ0n) is 33.0. The van der Waals surface area contributed by atoms with E-state index in [-0.39, 0.29) is 62.6 Å². The van der Waals surface area contributed by atoms with Crippen LogP contribution in [0.1, 0.15) is 68.5 Å². The van der Waals surface area contributed by atoms with Crippen LogP contribution in [-0.4, -0.2) is 87.1 Å². The molecule has 0 radical (unpaired) electrons.